The minimum Gasteiger partial charge on any atom is -0.495 e. The van der Waals surface area contributed by atoms with Gasteiger partial charge in [-0.3, -0.25) is 9.59 Å². The van der Waals surface area contributed by atoms with Crippen molar-refractivity contribution in [3.8, 4) is 17.0 Å². The smallest absolute Gasteiger partial charge is 0.331 e. The molecule has 6 N–H and O–H groups in total. The first kappa shape index (κ1) is 32.1. The first-order valence-corrected chi connectivity index (χ1v) is 14.1. The number of nitrogens with zero attached hydrogens (tertiary/aromatic N) is 2. The van der Waals surface area contributed by atoms with Crippen molar-refractivity contribution in [2.75, 3.05) is 19.4 Å². The Kier molecular flexibility index (Phi) is 8.49. The molecule has 0 saturated heterocycles. The first-order valence-electron chi connectivity index (χ1n) is 13.7. The van der Waals surface area contributed by atoms with E-state index in [1.807, 2.05) is 0 Å². The van der Waals surface area contributed by atoms with Crippen LogP contribution < -0.4 is 21.5 Å². The number of aliphatic imine (C=N–C) groups is 1. The average molecular weight is 652 g/mol. The number of nitrogens with two attached hydrogens (primary N) is 2. The molecule has 1 atom stereocenters. The largest absolute Gasteiger partial charge is 0.495 e. The van der Waals surface area contributed by atoms with Crippen LogP contribution in [-0.4, -0.2) is 48.3 Å². The second-order valence-electron chi connectivity index (χ2n) is 11.0. The van der Waals surface area contributed by atoms with Crippen LogP contribution in [0.2, 0.25) is 5.02 Å². The van der Waals surface area contributed by atoms with Crippen molar-refractivity contribution in [1.29, 1.82) is 0 Å². The monoisotopic (exact) mass is 651 g/mol. The third-order valence-corrected chi connectivity index (χ3v) is 8.53. The number of pyridine rings is 1. The Morgan fingerprint density at radius 2 is 1.91 bits per heavy atom. The fourth-order valence-electron chi connectivity index (χ4n) is 5.27. The maximum absolute atomic E-state index is 16.0. The Morgan fingerprint density at radius 1 is 1.22 bits per heavy atom. The van der Waals surface area contributed by atoms with Crippen LogP contribution in [0.1, 0.15) is 52.9 Å². The van der Waals surface area contributed by atoms with Crippen LogP contribution in [0.5, 0.6) is 5.75 Å². The van der Waals surface area contributed by atoms with E-state index in [0.29, 0.717) is 12.8 Å². The van der Waals surface area contributed by atoms with Crippen molar-refractivity contribution in [3.05, 3.63) is 75.2 Å². The summed E-state index contributed by atoms with van der Waals surface area (Å²) in [6.45, 7) is -3.51. The van der Waals surface area contributed by atoms with Gasteiger partial charge in [-0.05, 0) is 61.9 Å². The highest BCUT2D eigenvalue weighted by Crippen LogP contribution is 2.52. The molecule has 0 radical (unpaired) electrons. The fourth-order valence-corrected chi connectivity index (χ4v) is 5.44. The van der Waals surface area contributed by atoms with Crippen LogP contribution in [-0.2, 0) is 15.8 Å². The molecule has 9 nitrogen and oxygen atoms in total. The molecule has 45 heavy (non-hydrogen) atoms. The lowest BCUT2D eigenvalue weighted by molar-refractivity contribution is -0.120. The number of methoxy groups -OCH3 is 1. The highest BCUT2D eigenvalue weighted by molar-refractivity contribution is 6.31. The standard InChI is InChI=1S/C30H27ClF5N5O4/c1-45-19-9-13(8-14(24(19)37)11-39-28(35)36)26(42)40-12-30(44,15-2-3-15)20-10-17(29(6-7-29)27(38)43)23(34)25(41-20)16-4-5-18(32)21(31)22(16)33/h4-5,8-11,15,28,44H,2-3,6-7,12,37H2,1H3,(H2,38,43)(H,40,42)/b39-11+/t30-/m1/s1. The zero-order valence-electron chi connectivity index (χ0n) is 23.6. The number of aliphatic hydroxyl groups is 1. The molecule has 2 aliphatic rings. The molecule has 0 unspecified atom stereocenters. The number of aromatic nitrogens is 1. The SMILES string of the molecule is COc1cc(C(=O)NC[C@](O)(c2cc(C3(C(N)=O)CC3)c(F)c(-c3ccc(F)c(Cl)c3F)n2)C2CC2)cc(/C=N/C(F)F)c1N. The second-order valence-corrected chi connectivity index (χ2v) is 11.4. The minimum absolute atomic E-state index is 0.00599. The third-order valence-electron chi connectivity index (χ3n) is 8.18. The molecule has 1 heterocycles. The number of ether oxygens (including phenoxy) is 1. The normalized spacial score (nSPS) is 16.9. The number of hydrogen-bond acceptors (Lipinski definition) is 7. The van der Waals surface area contributed by atoms with E-state index in [-0.39, 0.29) is 46.7 Å². The summed E-state index contributed by atoms with van der Waals surface area (Å²) in [7, 11) is 1.26. The Balaban J connectivity index is 1.57. The average Bonchev–Trinajstić information content (AvgIpc) is 3.92. The molecule has 5 rings (SSSR count). The molecule has 0 aliphatic heterocycles. The van der Waals surface area contributed by atoms with E-state index >= 15 is 8.78 Å². The summed E-state index contributed by atoms with van der Waals surface area (Å²) >= 11 is 5.75. The van der Waals surface area contributed by atoms with Crippen molar-refractivity contribution in [2.45, 2.75) is 43.2 Å². The molecular formula is C30H27ClF5N5O4. The lowest BCUT2D eigenvalue weighted by Crippen LogP contribution is -2.43. The van der Waals surface area contributed by atoms with Gasteiger partial charge in [-0.15, -0.1) is 0 Å². The number of halogens is 6. The molecule has 1 aromatic heterocycles. The molecular weight excluding hydrogens is 625 g/mol. The summed E-state index contributed by atoms with van der Waals surface area (Å²) in [6.07, 6.45) is 2.13. The Hall–Kier alpha value is -4.30. The second kappa shape index (κ2) is 11.9. The quantitative estimate of drug-likeness (QED) is 0.0782. The highest BCUT2D eigenvalue weighted by atomic mass is 35.5. The van der Waals surface area contributed by atoms with Gasteiger partial charge in [0.25, 0.3) is 5.91 Å². The van der Waals surface area contributed by atoms with Gasteiger partial charge in [-0.1, -0.05) is 11.6 Å². The van der Waals surface area contributed by atoms with Gasteiger partial charge in [0.05, 0.1) is 30.5 Å². The summed E-state index contributed by atoms with van der Waals surface area (Å²) < 4.78 is 75.6. The molecule has 2 fully saturated rings. The van der Waals surface area contributed by atoms with Crippen molar-refractivity contribution in [2.24, 2.45) is 16.6 Å². The fraction of sp³-hybridized carbons (Fsp3) is 0.333. The molecule has 2 aromatic carbocycles. The van der Waals surface area contributed by atoms with Crippen molar-refractivity contribution >= 4 is 35.3 Å². The van der Waals surface area contributed by atoms with Crippen LogP contribution in [0, 0.1) is 23.4 Å². The third kappa shape index (κ3) is 5.91. The summed E-state index contributed by atoms with van der Waals surface area (Å²) in [4.78, 5) is 32.9. The van der Waals surface area contributed by atoms with Crippen LogP contribution >= 0.6 is 11.6 Å². The predicted octanol–water partition coefficient (Wildman–Crippen LogP) is 4.60. The molecule has 2 saturated carbocycles. The highest BCUT2D eigenvalue weighted by Gasteiger charge is 2.54. The number of hydrogen-bond donors (Lipinski definition) is 4. The van der Waals surface area contributed by atoms with Gasteiger partial charge < -0.3 is 26.6 Å². The van der Waals surface area contributed by atoms with E-state index < -0.39 is 75.6 Å². The van der Waals surface area contributed by atoms with E-state index in [0.717, 1.165) is 18.3 Å². The molecule has 2 aliphatic carbocycles. The number of amides is 2. The first-order chi connectivity index (χ1) is 21.2. The molecule has 238 valence electrons. The van der Waals surface area contributed by atoms with Crippen molar-refractivity contribution < 1.29 is 41.4 Å². The Bertz CT molecular complexity index is 1730. The van der Waals surface area contributed by atoms with Crippen molar-refractivity contribution in [1.82, 2.24) is 10.3 Å². The minimum atomic E-state index is -3.02. The summed E-state index contributed by atoms with van der Waals surface area (Å²) in [5, 5.41) is 13.7. The van der Waals surface area contributed by atoms with Gasteiger partial charge in [-0.2, -0.15) is 8.78 Å². The zero-order valence-corrected chi connectivity index (χ0v) is 24.4. The molecule has 2 amide bonds. The molecule has 3 aromatic rings. The van der Waals surface area contributed by atoms with Gasteiger partial charge in [0.1, 0.15) is 27.9 Å². The van der Waals surface area contributed by atoms with E-state index in [2.05, 4.69) is 15.3 Å². The van der Waals surface area contributed by atoms with Crippen LogP contribution in [0.4, 0.5) is 27.6 Å². The lowest BCUT2D eigenvalue weighted by Gasteiger charge is -2.30. The predicted molar refractivity (Wildman–Crippen MR) is 155 cm³/mol. The molecule has 0 bridgehead atoms. The van der Waals surface area contributed by atoms with E-state index in [1.54, 1.807) is 0 Å². The number of anilines is 1. The van der Waals surface area contributed by atoms with Gasteiger partial charge in [0, 0.05) is 28.5 Å². The Labute approximate surface area is 258 Å². The van der Waals surface area contributed by atoms with Crippen LogP contribution in [0.3, 0.4) is 0 Å². The maximum Gasteiger partial charge on any atom is 0.331 e. The van der Waals surface area contributed by atoms with E-state index in [9.17, 15) is 27.9 Å². The molecule has 15 heteroatoms. The molecule has 0 spiro atoms. The topological polar surface area (TPSA) is 153 Å². The number of rotatable bonds is 11. The summed E-state index contributed by atoms with van der Waals surface area (Å²) in [5.74, 6) is -5.58. The number of carbonyl (C=O) groups is 2. The van der Waals surface area contributed by atoms with Crippen molar-refractivity contribution in [3.63, 3.8) is 0 Å². The lowest BCUT2D eigenvalue weighted by atomic mass is 9.86. The summed E-state index contributed by atoms with van der Waals surface area (Å²) in [5.41, 5.74) is 6.44. The number of primary amides is 1. The number of nitrogens with one attached hydrogen (secondary N) is 1. The van der Waals surface area contributed by atoms with Gasteiger partial charge in [0.15, 0.2) is 11.6 Å². The van der Waals surface area contributed by atoms with Gasteiger partial charge >= 0.3 is 6.55 Å². The Morgan fingerprint density at radius 3 is 2.49 bits per heavy atom. The number of alkyl halides is 2. The number of carbonyl (C=O) groups excluding carboxylic acids is 2. The van der Waals surface area contributed by atoms with E-state index in [1.165, 1.54) is 25.3 Å². The summed E-state index contributed by atoms with van der Waals surface area (Å²) in [6, 6.07) is 5.39. The zero-order chi connectivity index (χ0) is 32.8. The van der Waals surface area contributed by atoms with Gasteiger partial charge in [0.2, 0.25) is 5.91 Å². The van der Waals surface area contributed by atoms with Gasteiger partial charge in [-0.25, -0.2) is 23.1 Å². The van der Waals surface area contributed by atoms with E-state index in [4.69, 9.17) is 27.8 Å². The number of benzene rings is 2. The van der Waals surface area contributed by atoms with Crippen LogP contribution in [0.25, 0.3) is 11.3 Å². The van der Waals surface area contributed by atoms with Crippen LogP contribution in [0.15, 0.2) is 35.3 Å². The maximum atomic E-state index is 16.0. The number of nitrogen functional groups attached to an aromatic ring is 1.